The molecule has 0 atom stereocenters. The largest absolute Gasteiger partial charge is 0.350 e. The summed E-state index contributed by atoms with van der Waals surface area (Å²) in [5, 5.41) is 4.20. The van der Waals surface area contributed by atoms with Crippen molar-refractivity contribution in [2.75, 3.05) is 0 Å². The predicted octanol–water partition coefficient (Wildman–Crippen LogP) is 3.31. The van der Waals surface area contributed by atoms with Crippen LogP contribution in [0.4, 0.5) is 0 Å². The summed E-state index contributed by atoms with van der Waals surface area (Å²) in [6.45, 7) is 0.369. The summed E-state index contributed by atoms with van der Waals surface area (Å²) < 4.78 is 1.40. The predicted molar refractivity (Wildman–Crippen MR) is 104 cm³/mol. The van der Waals surface area contributed by atoms with Crippen LogP contribution in [-0.2, 0) is 30.7 Å². The van der Waals surface area contributed by atoms with Crippen molar-refractivity contribution in [2.45, 2.75) is 38.8 Å². The zero-order chi connectivity index (χ0) is 18.1. The molecule has 2 aromatic heterocycles. The van der Waals surface area contributed by atoms with Crippen LogP contribution in [0.25, 0.3) is 10.2 Å². The second kappa shape index (κ2) is 7.21. The quantitative estimate of drug-likeness (QED) is 0.747. The lowest BCUT2D eigenvalue weighted by molar-refractivity contribution is -0.121. The molecule has 7 heteroatoms. The van der Waals surface area contributed by atoms with Gasteiger partial charge in [0, 0.05) is 16.4 Å². The van der Waals surface area contributed by atoms with Crippen LogP contribution in [0.15, 0.2) is 35.4 Å². The minimum Gasteiger partial charge on any atom is -0.350 e. The Morgan fingerprint density at radius 1 is 1.23 bits per heavy atom. The third kappa shape index (κ3) is 3.39. The lowest BCUT2D eigenvalue weighted by Gasteiger charge is -2.10. The number of aryl methyl sites for hydroxylation is 2. The van der Waals surface area contributed by atoms with Gasteiger partial charge in [0.25, 0.3) is 5.56 Å². The standard InChI is InChI=1S/C19H18ClN3O2S/c20-13-7-5-12(6-8-13)9-21-16(24)10-23-11-22-18-17(19(23)25)14-3-1-2-4-15(14)26-18/h5-8,11H,1-4,9-10H2,(H,21,24). The first kappa shape index (κ1) is 17.2. The topological polar surface area (TPSA) is 64.0 Å². The van der Waals surface area contributed by atoms with E-state index in [1.165, 1.54) is 22.2 Å². The second-order valence-corrected chi connectivity index (χ2v) is 7.99. The molecular weight excluding hydrogens is 370 g/mol. The van der Waals surface area contributed by atoms with Gasteiger partial charge in [-0.05, 0) is 48.9 Å². The molecule has 2 heterocycles. The lowest BCUT2D eigenvalue weighted by atomic mass is 9.97. The average molecular weight is 388 g/mol. The van der Waals surface area contributed by atoms with Crippen molar-refractivity contribution in [3.63, 3.8) is 0 Å². The van der Waals surface area contributed by atoms with E-state index in [9.17, 15) is 9.59 Å². The Kier molecular flexibility index (Phi) is 4.78. The smallest absolute Gasteiger partial charge is 0.262 e. The molecule has 0 aliphatic heterocycles. The molecule has 0 bridgehead atoms. The van der Waals surface area contributed by atoms with Crippen LogP contribution in [0, 0.1) is 0 Å². The number of aromatic nitrogens is 2. The van der Waals surface area contributed by atoms with Gasteiger partial charge < -0.3 is 5.32 Å². The summed E-state index contributed by atoms with van der Waals surface area (Å²) in [6, 6.07) is 7.29. The number of nitrogens with one attached hydrogen (secondary N) is 1. The van der Waals surface area contributed by atoms with Crippen LogP contribution in [0.3, 0.4) is 0 Å². The van der Waals surface area contributed by atoms with E-state index in [1.807, 2.05) is 12.1 Å². The van der Waals surface area contributed by atoms with E-state index >= 15 is 0 Å². The molecule has 0 radical (unpaired) electrons. The summed E-state index contributed by atoms with van der Waals surface area (Å²) in [6.07, 6.45) is 5.71. The van der Waals surface area contributed by atoms with Crippen LogP contribution in [0.2, 0.25) is 5.02 Å². The van der Waals surface area contributed by atoms with E-state index in [0.717, 1.165) is 35.2 Å². The van der Waals surface area contributed by atoms with Crippen molar-refractivity contribution >= 4 is 39.1 Å². The molecule has 0 unspecified atom stereocenters. The summed E-state index contributed by atoms with van der Waals surface area (Å²) in [5.41, 5.74) is 1.98. The average Bonchev–Trinajstić information content (AvgIpc) is 3.03. The first-order valence-electron chi connectivity index (χ1n) is 8.62. The van der Waals surface area contributed by atoms with E-state index in [4.69, 9.17) is 11.6 Å². The maximum atomic E-state index is 12.8. The highest BCUT2D eigenvalue weighted by atomic mass is 35.5. The third-order valence-electron chi connectivity index (χ3n) is 4.66. The lowest BCUT2D eigenvalue weighted by Crippen LogP contribution is -2.32. The van der Waals surface area contributed by atoms with Crippen LogP contribution < -0.4 is 10.9 Å². The molecule has 26 heavy (non-hydrogen) atoms. The first-order valence-corrected chi connectivity index (χ1v) is 9.82. The molecule has 0 saturated heterocycles. The highest BCUT2D eigenvalue weighted by molar-refractivity contribution is 7.18. The zero-order valence-electron chi connectivity index (χ0n) is 14.1. The molecule has 1 aliphatic rings. The first-order chi connectivity index (χ1) is 12.6. The number of carbonyl (C=O) groups excluding carboxylic acids is 1. The van der Waals surface area contributed by atoms with Gasteiger partial charge in [0.2, 0.25) is 5.91 Å². The Morgan fingerprint density at radius 3 is 2.81 bits per heavy atom. The Labute approximate surface area is 159 Å². The fraction of sp³-hybridized carbons (Fsp3) is 0.316. The number of nitrogens with zero attached hydrogens (tertiary/aromatic N) is 2. The number of benzene rings is 1. The van der Waals surface area contributed by atoms with Gasteiger partial charge in [-0.25, -0.2) is 4.98 Å². The van der Waals surface area contributed by atoms with E-state index in [1.54, 1.807) is 23.5 Å². The SMILES string of the molecule is O=C(Cn1cnc2sc3c(c2c1=O)CCCC3)NCc1ccc(Cl)cc1. The van der Waals surface area contributed by atoms with Gasteiger partial charge >= 0.3 is 0 Å². The number of fused-ring (bicyclic) bond motifs is 3. The molecule has 134 valence electrons. The fourth-order valence-corrected chi connectivity index (χ4v) is 4.65. The van der Waals surface area contributed by atoms with Crippen LogP contribution in [0.5, 0.6) is 0 Å². The summed E-state index contributed by atoms with van der Waals surface area (Å²) >= 11 is 7.47. The van der Waals surface area contributed by atoms with Crippen molar-refractivity contribution in [3.05, 3.63) is 62.0 Å². The molecule has 1 aromatic carbocycles. The van der Waals surface area contributed by atoms with Crippen molar-refractivity contribution in [1.29, 1.82) is 0 Å². The van der Waals surface area contributed by atoms with Gasteiger partial charge in [-0.3, -0.25) is 14.2 Å². The van der Waals surface area contributed by atoms with Crippen molar-refractivity contribution in [3.8, 4) is 0 Å². The molecule has 1 aliphatic carbocycles. The molecule has 0 fully saturated rings. The summed E-state index contributed by atoms with van der Waals surface area (Å²) in [5.74, 6) is -0.215. The molecular formula is C19H18ClN3O2S. The van der Waals surface area contributed by atoms with Crippen LogP contribution in [0.1, 0.15) is 28.8 Å². The Morgan fingerprint density at radius 2 is 2.00 bits per heavy atom. The monoisotopic (exact) mass is 387 g/mol. The van der Waals surface area contributed by atoms with Crippen LogP contribution >= 0.6 is 22.9 Å². The molecule has 3 aromatic rings. The number of hydrogen-bond acceptors (Lipinski definition) is 4. The minimum absolute atomic E-state index is 0.0278. The van der Waals surface area contributed by atoms with Gasteiger partial charge in [0.05, 0.1) is 11.7 Å². The van der Waals surface area contributed by atoms with Crippen molar-refractivity contribution in [2.24, 2.45) is 0 Å². The Bertz CT molecular complexity index is 1020. The van der Waals surface area contributed by atoms with E-state index in [-0.39, 0.29) is 18.0 Å². The van der Waals surface area contributed by atoms with E-state index in [2.05, 4.69) is 10.3 Å². The van der Waals surface area contributed by atoms with Gasteiger partial charge in [0.15, 0.2) is 0 Å². The number of carbonyl (C=O) groups is 1. The minimum atomic E-state index is -0.215. The third-order valence-corrected chi connectivity index (χ3v) is 6.11. The number of amides is 1. The molecule has 0 spiro atoms. The second-order valence-electron chi connectivity index (χ2n) is 6.47. The summed E-state index contributed by atoms with van der Waals surface area (Å²) in [4.78, 5) is 31.6. The van der Waals surface area contributed by atoms with Crippen molar-refractivity contribution < 1.29 is 4.79 Å². The van der Waals surface area contributed by atoms with Gasteiger partial charge in [-0.2, -0.15) is 0 Å². The molecule has 0 saturated carbocycles. The zero-order valence-corrected chi connectivity index (χ0v) is 15.7. The summed E-state index contributed by atoms with van der Waals surface area (Å²) in [7, 11) is 0. The molecule has 1 N–H and O–H groups in total. The Hall–Kier alpha value is -2.18. The molecule has 4 rings (SSSR count). The maximum absolute atomic E-state index is 12.8. The highest BCUT2D eigenvalue weighted by Gasteiger charge is 2.20. The van der Waals surface area contributed by atoms with E-state index < -0.39 is 0 Å². The highest BCUT2D eigenvalue weighted by Crippen LogP contribution is 2.33. The number of rotatable bonds is 4. The van der Waals surface area contributed by atoms with Gasteiger partial charge in [-0.1, -0.05) is 23.7 Å². The number of halogens is 1. The van der Waals surface area contributed by atoms with Gasteiger partial charge in [-0.15, -0.1) is 11.3 Å². The normalized spacial score (nSPS) is 13.6. The number of thiophene rings is 1. The maximum Gasteiger partial charge on any atom is 0.262 e. The Balaban J connectivity index is 1.51. The number of hydrogen-bond donors (Lipinski definition) is 1. The van der Waals surface area contributed by atoms with Crippen molar-refractivity contribution in [1.82, 2.24) is 14.9 Å². The van der Waals surface area contributed by atoms with E-state index in [0.29, 0.717) is 17.0 Å². The van der Waals surface area contributed by atoms with Gasteiger partial charge in [0.1, 0.15) is 11.4 Å². The molecule has 5 nitrogen and oxygen atoms in total. The van der Waals surface area contributed by atoms with Crippen LogP contribution in [-0.4, -0.2) is 15.5 Å². The fourth-order valence-electron chi connectivity index (χ4n) is 3.31. The molecule has 1 amide bonds.